The summed E-state index contributed by atoms with van der Waals surface area (Å²) in [5.41, 5.74) is 4.25. The van der Waals surface area contributed by atoms with Gasteiger partial charge in [0.15, 0.2) is 0 Å². The summed E-state index contributed by atoms with van der Waals surface area (Å²) >= 11 is 0. The molecular formula is C33H40N6O3. The van der Waals surface area contributed by atoms with Gasteiger partial charge in [0.05, 0.1) is 18.4 Å². The van der Waals surface area contributed by atoms with Gasteiger partial charge < -0.3 is 29.0 Å². The van der Waals surface area contributed by atoms with E-state index in [0.29, 0.717) is 45.3 Å². The molecule has 42 heavy (non-hydrogen) atoms. The van der Waals surface area contributed by atoms with E-state index < -0.39 is 0 Å². The van der Waals surface area contributed by atoms with Crippen molar-refractivity contribution < 1.29 is 14.3 Å². The number of rotatable bonds is 10. The van der Waals surface area contributed by atoms with Crippen molar-refractivity contribution in [1.82, 2.24) is 19.8 Å². The van der Waals surface area contributed by atoms with Crippen LogP contribution in [0.4, 0.5) is 5.82 Å². The summed E-state index contributed by atoms with van der Waals surface area (Å²) in [4.78, 5) is 32.1. The van der Waals surface area contributed by atoms with Gasteiger partial charge >= 0.3 is 6.01 Å². The summed E-state index contributed by atoms with van der Waals surface area (Å²) in [5.74, 6) is 0.621. The summed E-state index contributed by atoms with van der Waals surface area (Å²) < 4.78 is 12.7. The number of benzene rings is 2. The molecule has 2 aliphatic rings. The molecular weight excluding hydrogens is 528 g/mol. The Morgan fingerprint density at radius 2 is 2.00 bits per heavy atom. The minimum absolute atomic E-state index is 0.148. The predicted octanol–water partition coefficient (Wildman–Crippen LogP) is 4.60. The Labute approximate surface area is 248 Å². The Balaban J connectivity index is 1.48. The van der Waals surface area contributed by atoms with E-state index in [1.807, 2.05) is 0 Å². The second-order valence-electron chi connectivity index (χ2n) is 10.8. The number of nitrogens with zero attached hydrogens (tertiary/aromatic N) is 6. The highest BCUT2D eigenvalue weighted by Crippen LogP contribution is 2.38. The molecule has 0 spiro atoms. The number of aryl methyl sites for hydroxylation is 1. The fraction of sp³-hybridized carbons (Fsp3) is 0.455. The molecule has 0 aliphatic carbocycles. The molecule has 220 valence electrons. The fourth-order valence-corrected chi connectivity index (χ4v) is 6.11. The molecule has 3 heterocycles. The number of hydrogen-bond acceptors (Lipinski definition) is 7. The van der Waals surface area contributed by atoms with Crippen LogP contribution in [0.1, 0.15) is 42.3 Å². The van der Waals surface area contributed by atoms with Crippen molar-refractivity contribution in [3.8, 4) is 6.01 Å². The maximum Gasteiger partial charge on any atom is 0.318 e. The van der Waals surface area contributed by atoms with Crippen LogP contribution in [0, 0.1) is 13.5 Å². The second-order valence-corrected chi connectivity index (χ2v) is 10.8. The van der Waals surface area contributed by atoms with E-state index >= 15 is 0 Å². The Morgan fingerprint density at radius 3 is 2.74 bits per heavy atom. The van der Waals surface area contributed by atoms with Gasteiger partial charge in [0.1, 0.15) is 18.5 Å². The lowest BCUT2D eigenvalue weighted by molar-refractivity contribution is -0.128. The monoisotopic (exact) mass is 568 g/mol. The van der Waals surface area contributed by atoms with Crippen molar-refractivity contribution in [2.45, 2.75) is 45.9 Å². The molecule has 1 saturated heterocycles. The molecule has 0 bridgehead atoms. The first-order valence-corrected chi connectivity index (χ1v) is 14.8. The number of hydrogen-bond donors (Lipinski definition) is 0. The zero-order valence-electron chi connectivity index (χ0n) is 24.9. The summed E-state index contributed by atoms with van der Waals surface area (Å²) in [6, 6.07) is 12.9. The molecule has 0 radical (unpaired) electrons. The molecule has 0 N–H and O–H groups in total. The topological polar surface area (TPSA) is 75.4 Å². The number of ether oxygens (including phenoxy) is 2. The van der Waals surface area contributed by atoms with Crippen molar-refractivity contribution >= 4 is 22.5 Å². The normalized spacial score (nSPS) is 18.5. The predicted molar refractivity (Wildman–Crippen MR) is 165 cm³/mol. The highest BCUT2D eigenvalue weighted by Gasteiger charge is 2.35. The van der Waals surface area contributed by atoms with Gasteiger partial charge in [0.2, 0.25) is 12.5 Å². The number of fused-ring (bicyclic) bond motifs is 2. The Hall–Kier alpha value is -4.00. The average molecular weight is 569 g/mol. The SMILES string of the molecule is [C-]#[N+]C[C@H]1CN(c2nc(OCCN(CC)CC)nc3c2COC(c2cccc4cccc(C)c24)C3)CCN1C(=O)C=C. The number of likely N-dealkylation sites (N-methyl/N-ethyl adjacent to an activating group) is 1. The van der Waals surface area contributed by atoms with E-state index in [2.05, 4.69) is 78.4 Å². The van der Waals surface area contributed by atoms with E-state index in [1.54, 1.807) is 4.90 Å². The highest BCUT2D eigenvalue weighted by molar-refractivity contribution is 5.89. The van der Waals surface area contributed by atoms with Gasteiger partial charge in [-0.05, 0) is 48.0 Å². The maximum absolute atomic E-state index is 12.5. The van der Waals surface area contributed by atoms with E-state index in [0.717, 1.165) is 42.3 Å². The third-order valence-electron chi connectivity index (χ3n) is 8.43. The minimum Gasteiger partial charge on any atom is -0.462 e. The molecule has 2 aliphatic heterocycles. The number of amides is 1. The fourth-order valence-electron chi connectivity index (χ4n) is 6.11. The number of anilines is 1. The van der Waals surface area contributed by atoms with Crippen LogP contribution in [0.25, 0.3) is 15.6 Å². The Kier molecular flexibility index (Phi) is 9.35. The van der Waals surface area contributed by atoms with Crippen LogP contribution >= 0.6 is 0 Å². The molecule has 5 rings (SSSR count). The number of carbonyl (C=O) groups excluding carboxylic acids is 1. The molecule has 1 fully saturated rings. The largest absolute Gasteiger partial charge is 0.462 e. The van der Waals surface area contributed by atoms with Gasteiger partial charge in [-0.15, -0.1) is 0 Å². The molecule has 1 unspecified atom stereocenters. The lowest BCUT2D eigenvalue weighted by Gasteiger charge is -2.40. The van der Waals surface area contributed by atoms with Gasteiger partial charge in [-0.25, -0.2) is 6.57 Å². The number of aromatic nitrogens is 2. The molecule has 1 amide bonds. The zero-order valence-corrected chi connectivity index (χ0v) is 24.9. The van der Waals surface area contributed by atoms with Crippen LogP contribution in [0.15, 0.2) is 49.1 Å². The van der Waals surface area contributed by atoms with Crippen LogP contribution in [-0.2, 0) is 22.6 Å². The van der Waals surface area contributed by atoms with E-state index in [4.69, 9.17) is 26.0 Å². The van der Waals surface area contributed by atoms with Gasteiger partial charge in [-0.3, -0.25) is 4.79 Å². The first-order chi connectivity index (χ1) is 20.5. The summed E-state index contributed by atoms with van der Waals surface area (Å²) in [6.45, 7) is 22.9. The molecule has 9 heteroatoms. The van der Waals surface area contributed by atoms with E-state index in [1.165, 1.54) is 22.4 Å². The molecule has 3 aromatic rings. The first-order valence-electron chi connectivity index (χ1n) is 14.8. The third-order valence-corrected chi connectivity index (χ3v) is 8.43. The highest BCUT2D eigenvalue weighted by atomic mass is 16.5. The quantitative estimate of drug-likeness (QED) is 0.262. The summed E-state index contributed by atoms with van der Waals surface area (Å²) in [7, 11) is 0. The van der Waals surface area contributed by atoms with Crippen LogP contribution < -0.4 is 9.64 Å². The Morgan fingerprint density at radius 1 is 1.21 bits per heavy atom. The molecule has 1 aromatic heterocycles. The smallest absolute Gasteiger partial charge is 0.318 e. The minimum atomic E-state index is -0.254. The summed E-state index contributed by atoms with van der Waals surface area (Å²) in [6.07, 6.45) is 1.78. The van der Waals surface area contributed by atoms with Gasteiger partial charge in [0.25, 0.3) is 0 Å². The van der Waals surface area contributed by atoms with Gasteiger partial charge in [-0.2, -0.15) is 9.97 Å². The van der Waals surface area contributed by atoms with Crippen molar-refractivity contribution in [1.29, 1.82) is 0 Å². The van der Waals surface area contributed by atoms with Crippen molar-refractivity contribution in [3.63, 3.8) is 0 Å². The molecule has 0 saturated carbocycles. The van der Waals surface area contributed by atoms with Crippen molar-refractivity contribution in [2.24, 2.45) is 0 Å². The number of piperazine rings is 1. The lowest BCUT2D eigenvalue weighted by Crippen LogP contribution is -2.56. The second kappa shape index (κ2) is 13.3. The van der Waals surface area contributed by atoms with Gasteiger partial charge in [0, 0.05) is 38.2 Å². The zero-order chi connectivity index (χ0) is 29.6. The van der Waals surface area contributed by atoms with Crippen LogP contribution in [0.2, 0.25) is 0 Å². The average Bonchev–Trinajstić information content (AvgIpc) is 3.02. The maximum atomic E-state index is 12.5. The van der Waals surface area contributed by atoms with Crippen molar-refractivity contribution in [3.05, 3.63) is 82.9 Å². The standard InChI is InChI=1S/C33H40N6O3/c1-6-30(40)39-16-15-38(21-25(39)20-34-5)32-27-22-42-29(26-14-10-13-24-12-9-11-23(4)31(24)26)19-28(27)35-33(36-32)41-18-17-37(7-2)8-3/h6,9-14,25,29H,1,7-8,15-22H2,2-4H3/t25-,29?/m0/s1. The summed E-state index contributed by atoms with van der Waals surface area (Å²) in [5, 5.41) is 2.42. The Bertz CT molecular complexity index is 1480. The van der Waals surface area contributed by atoms with E-state index in [9.17, 15) is 4.79 Å². The number of carbonyl (C=O) groups is 1. The third kappa shape index (κ3) is 6.10. The molecule has 9 nitrogen and oxygen atoms in total. The van der Waals surface area contributed by atoms with E-state index in [-0.39, 0.29) is 24.6 Å². The van der Waals surface area contributed by atoms with Gasteiger partial charge in [-0.1, -0.05) is 56.8 Å². The van der Waals surface area contributed by atoms with Crippen LogP contribution in [0.3, 0.4) is 0 Å². The molecule has 2 atom stereocenters. The first kappa shape index (κ1) is 29.5. The molecule has 2 aromatic carbocycles. The van der Waals surface area contributed by atoms with Crippen LogP contribution in [-0.4, -0.2) is 84.1 Å². The van der Waals surface area contributed by atoms with Crippen molar-refractivity contribution in [2.75, 3.05) is 57.3 Å². The van der Waals surface area contributed by atoms with Crippen LogP contribution in [0.5, 0.6) is 6.01 Å². The lowest BCUT2D eigenvalue weighted by atomic mass is 9.92.